The SMILES string of the molecule is Cc1nc(Cc2noc(CCCNC(C)C)n2)cs1. The summed E-state index contributed by atoms with van der Waals surface area (Å²) in [4.78, 5) is 8.79. The fourth-order valence-electron chi connectivity index (χ4n) is 1.75. The summed E-state index contributed by atoms with van der Waals surface area (Å²) in [5.74, 6) is 1.43. The lowest BCUT2D eigenvalue weighted by Gasteiger charge is -2.05. The zero-order chi connectivity index (χ0) is 13.7. The van der Waals surface area contributed by atoms with Gasteiger partial charge in [0.25, 0.3) is 0 Å². The molecule has 0 spiro atoms. The average Bonchev–Trinajstić information content (AvgIpc) is 2.95. The highest BCUT2D eigenvalue weighted by Gasteiger charge is 2.08. The topological polar surface area (TPSA) is 63.8 Å². The van der Waals surface area contributed by atoms with Crippen molar-refractivity contribution in [2.45, 2.75) is 46.1 Å². The number of rotatable bonds is 7. The number of thiazole rings is 1. The van der Waals surface area contributed by atoms with E-state index in [4.69, 9.17) is 4.52 Å². The first-order valence-electron chi connectivity index (χ1n) is 6.59. The van der Waals surface area contributed by atoms with E-state index in [1.165, 1.54) is 0 Å². The Labute approximate surface area is 117 Å². The maximum Gasteiger partial charge on any atom is 0.226 e. The summed E-state index contributed by atoms with van der Waals surface area (Å²) in [6.45, 7) is 7.25. The number of hydrogen-bond donors (Lipinski definition) is 1. The molecule has 5 nitrogen and oxygen atoms in total. The van der Waals surface area contributed by atoms with Crippen LogP contribution in [0.25, 0.3) is 0 Å². The first kappa shape index (κ1) is 14.1. The summed E-state index contributed by atoms with van der Waals surface area (Å²) in [6, 6.07) is 0.520. The Morgan fingerprint density at radius 1 is 1.37 bits per heavy atom. The molecule has 19 heavy (non-hydrogen) atoms. The van der Waals surface area contributed by atoms with Crippen molar-refractivity contribution in [1.29, 1.82) is 0 Å². The second-order valence-corrected chi connectivity index (χ2v) is 5.91. The summed E-state index contributed by atoms with van der Waals surface area (Å²) in [5, 5.41) is 10.5. The van der Waals surface area contributed by atoms with Gasteiger partial charge in [-0.1, -0.05) is 19.0 Å². The third kappa shape index (κ3) is 4.72. The van der Waals surface area contributed by atoms with E-state index < -0.39 is 0 Å². The third-order valence-electron chi connectivity index (χ3n) is 2.64. The number of nitrogens with one attached hydrogen (secondary N) is 1. The first-order chi connectivity index (χ1) is 9.13. The third-order valence-corrected chi connectivity index (χ3v) is 3.46. The van der Waals surface area contributed by atoms with Crippen molar-refractivity contribution in [3.63, 3.8) is 0 Å². The van der Waals surface area contributed by atoms with E-state index in [2.05, 4.69) is 34.3 Å². The van der Waals surface area contributed by atoms with Crippen LogP contribution in [0.3, 0.4) is 0 Å². The number of aromatic nitrogens is 3. The van der Waals surface area contributed by atoms with Gasteiger partial charge in [0, 0.05) is 17.8 Å². The average molecular weight is 280 g/mol. The number of aryl methyl sites for hydroxylation is 2. The highest BCUT2D eigenvalue weighted by molar-refractivity contribution is 7.09. The van der Waals surface area contributed by atoms with Crippen molar-refractivity contribution < 1.29 is 4.52 Å². The van der Waals surface area contributed by atoms with E-state index >= 15 is 0 Å². The number of nitrogens with zero attached hydrogens (tertiary/aromatic N) is 3. The van der Waals surface area contributed by atoms with Gasteiger partial charge in [0.2, 0.25) is 5.89 Å². The largest absolute Gasteiger partial charge is 0.339 e. The Morgan fingerprint density at radius 2 is 2.21 bits per heavy atom. The van der Waals surface area contributed by atoms with Crippen LogP contribution in [-0.2, 0) is 12.8 Å². The highest BCUT2D eigenvalue weighted by Crippen LogP contribution is 2.11. The molecule has 0 radical (unpaired) electrons. The van der Waals surface area contributed by atoms with Crippen LogP contribution in [-0.4, -0.2) is 27.7 Å². The van der Waals surface area contributed by atoms with Gasteiger partial charge in [-0.25, -0.2) is 4.98 Å². The van der Waals surface area contributed by atoms with Gasteiger partial charge < -0.3 is 9.84 Å². The summed E-state index contributed by atoms with van der Waals surface area (Å²) < 4.78 is 5.24. The minimum atomic E-state index is 0.520. The van der Waals surface area contributed by atoms with Crippen molar-refractivity contribution in [1.82, 2.24) is 20.4 Å². The lowest BCUT2D eigenvalue weighted by Crippen LogP contribution is -2.23. The summed E-state index contributed by atoms with van der Waals surface area (Å²) >= 11 is 1.64. The van der Waals surface area contributed by atoms with E-state index in [0.717, 1.165) is 35.9 Å². The molecule has 2 heterocycles. The van der Waals surface area contributed by atoms with Crippen LogP contribution in [0.4, 0.5) is 0 Å². The van der Waals surface area contributed by atoms with Gasteiger partial charge in [0.05, 0.1) is 17.1 Å². The molecule has 2 aromatic heterocycles. The lowest BCUT2D eigenvalue weighted by molar-refractivity contribution is 0.369. The Bertz CT molecular complexity index is 506. The molecule has 0 aromatic carbocycles. The molecule has 0 fully saturated rings. The smallest absolute Gasteiger partial charge is 0.226 e. The molecule has 0 amide bonds. The zero-order valence-electron chi connectivity index (χ0n) is 11.6. The molecular formula is C13H20N4OS. The van der Waals surface area contributed by atoms with Crippen molar-refractivity contribution in [2.24, 2.45) is 0 Å². The normalized spacial score (nSPS) is 11.4. The monoisotopic (exact) mass is 280 g/mol. The molecule has 0 saturated carbocycles. The van der Waals surface area contributed by atoms with Gasteiger partial charge in [0.15, 0.2) is 5.82 Å². The van der Waals surface area contributed by atoms with Crippen LogP contribution >= 0.6 is 11.3 Å². The van der Waals surface area contributed by atoms with Gasteiger partial charge >= 0.3 is 0 Å². The summed E-state index contributed by atoms with van der Waals surface area (Å²) in [7, 11) is 0. The van der Waals surface area contributed by atoms with Crippen LogP contribution in [0.5, 0.6) is 0 Å². The highest BCUT2D eigenvalue weighted by atomic mass is 32.1. The molecule has 2 aromatic rings. The van der Waals surface area contributed by atoms with Crippen molar-refractivity contribution in [3.05, 3.63) is 27.8 Å². The van der Waals surface area contributed by atoms with Gasteiger partial charge in [-0.15, -0.1) is 11.3 Å². The molecule has 1 N–H and O–H groups in total. The van der Waals surface area contributed by atoms with Gasteiger partial charge in [-0.3, -0.25) is 0 Å². The molecular weight excluding hydrogens is 260 g/mol. The van der Waals surface area contributed by atoms with Crippen molar-refractivity contribution in [3.8, 4) is 0 Å². The minimum absolute atomic E-state index is 0.520. The molecule has 0 aliphatic rings. The van der Waals surface area contributed by atoms with Crippen LogP contribution in [0, 0.1) is 6.92 Å². The summed E-state index contributed by atoms with van der Waals surface area (Å²) in [6.07, 6.45) is 2.48. The predicted octanol–water partition coefficient (Wildman–Crippen LogP) is 2.36. The van der Waals surface area contributed by atoms with Crippen LogP contribution in [0.15, 0.2) is 9.90 Å². The minimum Gasteiger partial charge on any atom is -0.339 e. The van der Waals surface area contributed by atoms with Crippen LogP contribution < -0.4 is 5.32 Å². The van der Waals surface area contributed by atoms with Gasteiger partial charge in [-0.2, -0.15) is 4.98 Å². The maximum absolute atomic E-state index is 5.24. The quantitative estimate of drug-likeness (QED) is 0.789. The Kier molecular flexibility index (Phi) is 5.04. The molecule has 104 valence electrons. The second kappa shape index (κ2) is 6.77. The first-order valence-corrected chi connectivity index (χ1v) is 7.47. The Hall–Kier alpha value is -1.27. The molecule has 2 rings (SSSR count). The van der Waals surface area contributed by atoms with E-state index in [1.807, 2.05) is 12.3 Å². The van der Waals surface area contributed by atoms with E-state index in [1.54, 1.807) is 11.3 Å². The fraction of sp³-hybridized carbons (Fsp3) is 0.615. The maximum atomic E-state index is 5.24. The fourth-order valence-corrected chi connectivity index (χ4v) is 2.36. The predicted molar refractivity (Wildman–Crippen MR) is 75.4 cm³/mol. The molecule has 0 unspecified atom stereocenters. The Morgan fingerprint density at radius 3 is 2.89 bits per heavy atom. The van der Waals surface area contributed by atoms with E-state index in [0.29, 0.717) is 18.4 Å². The molecule has 0 bridgehead atoms. The van der Waals surface area contributed by atoms with Crippen molar-refractivity contribution in [2.75, 3.05) is 6.54 Å². The van der Waals surface area contributed by atoms with E-state index in [-0.39, 0.29) is 0 Å². The molecule has 0 aliphatic carbocycles. The molecule has 0 atom stereocenters. The van der Waals surface area contributed by atoms with Crippen LogP contribution in [0.2, 0.25) is 0 Å². The Balaban J connectivity index is 1.78. The molecule has 6 heteroatoms. The zero-order valence-corrected chi connectivity index (χ0v) is 12.5. The lowest BCUT2D eigenvalue weighted by atomic mass is 10.3. The van der Waals surface area contributed by atoms with Crippen LogP contribution in [0.1, 0.15) is 42.7 Å². The molecule has 0 saturated heterocycles. The van der Waals surface area contributed by atoms with E-state index in [9.17, 15) is 0 Å². The molecule has 0 aliphatic heterocycles. The van der Waals surface area contributed by atoms with Crippen molar-refractivity contribution >= 4 is 11.3 Å². The van der Waals surface area contributed by atoms with Gasteiger partial charge in [0.1, 0.15) is 0 Å². The summed E-state index contributed by atoms with van der Waals surface area (Å²) in [5.41, 5.74) is 1.01. The number of hydrogen-bond acceptors (Lipinski definition) is 6. The van der Waals surface area contributed by atoms with Gasteiger partial charge in [-0.05, 0) is 19.9 Å². The second-order valence-electron chi connectivity index (χ2n) is 4.85. The standard InChI is InChI=1S/C13H20N4OS/c1-9(2)14-6-4-5-13-16-12(17-18-13)7-11-8-19-10(3)15-11/h8-9,14H,4-7H2,1-3H3.